The van der Waals surface area contributed by atoms with Crippen molar-refractivity contribution in [3.05, 3.63) is 29.8 Å². The third-order valence-corrected chi connectivity index (χ3v) is 7.63. The van der Waals surface area contributed by atoms with Crippen LogP contribution in [0, 0.1) is 0 Å². The van der Waals surface area contributed by atoms with Crippen LogP contribution in [0.15, 0.2) is 29.2 Å². The van der Waals surface area contributed by atoms with Gasteiger partial charge in [0.2, 0.25) is 5.91 Å². The van der Waals surface area contributed by atoms with E-state index in [9.17, 15) is 9.59 Å². The van der Waals surface area contributed by atoms with Crippen LogP contribution >= 0.6 is 11.8 Å². The molecule has 2 aliphatic rings. The lowest BCUT2D eigenvalue weighted by Crippen LogP contribution is -2.46. The first-order chi connectivity index (χ1) is 15.0. The summed E-state index contributed by atoms with van der Waals surface area (Å²) < 4.78 is 0. The average molecular weight is 446 g/mol. The van der Waals surface area contributed by atoms with E-state index in [0.717, 1.165) is 43.7 Å². The van der Waals surface area contributed by atoms with E-state index in [1.165, 1.54) is 43.9 Å². The molecule has 5 nitrogen and oxygen atoms in total. The van der Waals surface area contributed by atoms with Crippen molar-refractivity contribution in [2.45, 2.75) is 94.7 Å². The minimum Gasteiger partial charge on any atom is -0.353 e. The van der Waals surface area contributed by atoms with Gasteiger partial charge in [-0.15, -0.1) is 11.8 Å². The predicted molar refractivity (Wildman–Crippen MR) is 129 cm³/mol. The Bertz CT molecular complexity index is 708. The summed E-state index contributed by atoms with van der Waals surface area (Å²) in [6, 6.07) is 8.74. The molecular formula is C25H39N3O2S. The van der Waals surface area contributed by atoms with Crippen LogP contribution in [0.1, 0.15) is 82.0 Å². The first-order valence-corrected chi connectivity index (χ1v) is 13.1. The molecule has 31 heavy (non-hydrogen) atoms. The highest BCUT2D eigenvalue weighted by Crippen LogP contribution is 2.24. The molecule has 1 aliphatic carbocycles. The summed E-state index contributed by atoms with van der Waals surface area (Å²) in [6.07, 6.45) is 10.4. The van der Waals surface area contributed by atoms with Crippen LogP contribution in [0.3, 0.4) is 0 Å². The van der Waals surface area contributed by atoms with Gasteiger partial charge in [0.1, 0.15) is 0 Å². The Morgan fingerprint density at radius 2 is 1.55 bits per heavy atom. The highest BCUT2D eigenvalue weighted by Gasteiger charge is 2.23. The van der Waals surface area contributed by atoms with Gasteiger partial charge in [0.05, 0.1) is 11.3 Å². The zero-order valence-electron chi connectivity index (χ0n) is 19.2. The van der Waals surface area contributed by atoms with Gasteiger partial charge in [0.25, 0.3) is 5.91 Å². The standard InChI is InChI=1S/C25H39N3O2S/c1-19(2)28-16-14-21(15-17-28)27-25(30)22-12-8-9-13-23(22)31-18-24(29)26-20-10-6-4-3-5-7-11-20/h8-9,12-13,19-21H,3-7,10-11,14-18H2,1-2H3,(H,26,29)(H,27,30). The van der Waals surface area contributed by atoms with Gasteiger partial charge in [-0.1, -0.05) is 44.2 Å². The zero-order chi connectivity index (χ0) is 22.1. The van der Waals surface area contributed by atoms with Crippen LogP contribution in [0.2, 0.25) is 0 Å². The van der Waals surface area contributed by atoms with Gasteiger partial charge in [-0.2, -0.15) is 0 Å². The van der Waals surface area contributed by atoms with Crippen molar-refractivity contribution in [1.82, 2.24) is 15.5 Å². The third-order valence-electron chi connectivity index (χ3n) is 6.56. The van der Waals surface area contributed by atoms with Crippen LogP contribution in [-0.2, 0) is 4.79 Å². The number of thioether (sulfide) groups is 1. The van der Waals surface area contributed by atoms with Gasteiger partial charge in [-0.25, -0.2) is 0 Å². The molecule has 0 atom stereocenters. The summed E-state index contributed by atoms with van der Waals surface area (Å²) in [5.41, 5.74) is 0.678. The van der Waals surface area contributed by atoms with Crippen LogP contribution in [0.5, 0.6) is 0 Å². The summed E-state index contributed by atoms with van der Waals surface area (Å²) in [6.45, 7) is 6.50. The zero-order valence-corrected chi connectivity index (χ0v) is 20.0. The predicted octanol–water partition coefficient (Wildman–Crippen LogP) is 4.61. The average Bonchev–Trinajstić information content (AvgIpc) is 2.74. The Hall–Kier alpha value is -1.53. The SMILES string of the molecule is CC(C)N1CCC(NC(=O)c2ccccc2SCC(=O)NC2CCCCCCC2)CC1. The number of hydrogen-bond donors (Lipinski definition) is 2. The van der Waals surface area contributed by atoms with Gasteiger partial charge in [0, 0.05) is 36.1 Å². The normalized spacial score (nSPS) is 19.6. The van der Waals surface area contributed by atoms with Crippen molar-refractivity contribution in [3.8, 4) is 0 Å². The van der Waals surface area contributed by atoms with Crippen molar-refractivity contribution in [1.29, 1.82) is 0 Å². The van der Waals surface area contributed by atoms with Crippen LogP contribution in [0.4, 0.5) is 0 Å². The van der Waals surface area contributed by atoms with E-state index in [2.05, 4.69) is 29.4 Å². The molecule has 1 saturated carbocycles. The Balaban J connectivity index is 1.49. The Morgan fingerprint density at radius 3 is 2.23 bits per heavy atom. The maximum Gasteiger partial charge on any atom is 0.252 e. The molecule has 0 spiro atoms. The maximum absolute atomic E-state index is 12.9. The van der Waals surface area contributed by atoms with E-state index >= 15 is 0 Å². The fraction of sp³-hybridized carbons (Fsp3) is 0.680. The molecule has 172 valence electrons. The van der Waals surface area contributed by atoms with Crippen molar-refractivity contribution >= 4 is 23.6 Å². The van der Waals surface area contributed by atoms with Crippen LogP contribution in [-0.4, -0.2) is 53.7 Å². The molecule has 1 aliphatic heterocycles. The van der Waals surface area contributed by atoms with Gasteiger partial charge in [-0.05, 0) is 51.7 Å². The van der Waals surface area contributed by atoms with E-state index in [1.54, 1.807) is 0 Å². The van der Waals surface area contributed by atoms with E-state index in [-0.39, 0.29) is 17.9 Å². The molecule has 0 unspecified atom stereocenters. The minimum atomic E-state index is -0.0217. The lowest BCUT2D eigenvalue weighted by molar-refractivity contribution is -0.119. The largest absolute Gasteiger partial charge is 0.353 e. The number of nitrogens with zero attached hydrogens (tertiary/aromatic N) is 1. The summed E-state index contributed by atoms with van der Waals surface area (Å²) in [4.78, 5) is 28.8. The second-order valence-electron chi connectivity index (χ2n) is 9.27. The second-order valence-corrected chi connectivity index (χ2v) is 10.3. The number of piperidine rings is 1. The number of carbonyl (C=O) groups excluding carboxylic acids is 2. The van der Waals surface area contributed by atoms with Crippen molar-refractivity contribution in [2.75, 3.05) is 18.8 Å². The van der Waals surface area contributed by atoms with Gasteiger partial charge < -0.3 is 15.5 Å². The van der Waals surface area contributed by atoms with E-state index in [4.69, 9.17) is 0 Å². The number of carbonyl (C=O) groups is 2. The van der Waals surface area contributed by atoms with Crippen LogP contribution < -0.4 is 10.6 Å². The van der Waals surface area contributed by atoms with Crippen molar-refractivity contribution in [3.63, 3.8) is 0 Å². The first-order valence-electron chi connectivity index (χ1n) is 12.1. The minimum absolute atomic E-state index is 0.0217. The highest BCUT2D eigenvalue weighted by atomic mass is 32.2. The molecule has 0 aromatic heterocycles. The molecular weight excluding hydrogens is 406 g/mol. The lowest BCUT2D eigenvalue weighted by Gasteiger charge is -2.34. The monoisotopic (exact) mass is 445 g/mol. The summed E-state index contributed by atoms with van der Waals surface area (Å²) >= 11 is 1.47. The first kappa shape index (κ1) is 24.1. The number of amides is 2. The third kappa shape index (κ3) is 7.83. The molecule has 1 saturated heterocycles. The molecule has 3 rings (SSSR count). The lowest BCUT2D eigenvalue weighted by atomic mass is 9.97. The molecule has 2 fully saturated rings. The van der Waals surface area contributed by atoms with E-state index < -0.39 is 0 Å². The van der Waals surface area contributed by atoms with Crippen LogP contribution in [0.25, 0.3) is 0 Å². The molecule has 2 amide bonds. The molecule has 1 heterocycles. The van der Waals surface area contributed by atoms with Crippen molar-refractivity contribution < 1.29 is 9.59 Å². The summed E-state index contributed by atoms with van der Waals surface area (Å²) in [5.74, 6) is 0.409. The Morgan fingerprint density at radius 1 is 0.935 bits per heavy atom. The number of nitrogens with one attached hydrogen (secondary N) is 2. The summed E-state index contributed by atoms with van der Waals surface area (Å²) in [5, 5.41) is 6.44. The number of rotatable bonds is 7. The molecule has 6 heteroatoms. The molecule has 0 bridgehead atoms. The number of hydrogen-bond acceptors (Lipinski definition) is 4. The molecule has 2 N–H and O–H groups in total. The Kier molecular flexibility index (Phi) is 9.72. The summed E-state index contributed by atoms with van der Waals surface area (Å²) in [7, 11) is 0. The van der Waals surface area contributed by atoms with E-state index in [0.29, 0.717) is 23.4 Å². The van der Waals surface area contributed by atoms with Gasteiger partial charge in [0.15, 0.2) is 0 Å². The fourth-order valence-electron chi connectivity index (χ4n) is 4.62. The maximum atomic E-state index is 12.9. The topological polar surface area (TPSA) is 61.4 Å². The van der Waals surface area contributed by atoms with Crippen molar-refractivity contribution in [2.24, 2.45) is 0 Å². The fourth-order valence-corrected chi connectivity index (χ4v) is 5.48. The number of likely N-dealkylation sites (tertiary alicyclic amines) is 1. The van der Waals surface area contributed by atoms with Gasteiger partial charge in [-0.3, -0.25) is 9.59 Å². The number of benzene rings is 1. The molecule has 0 radical (unpaired) electrons. The van der Waals surface area contributed by atoms with Gasteiger partial charge >= 0.3 is 0 Å². The quantitative estimate of drug-likeness (QED) is 0.602. The second kappa shape index (κ2) is 12.5. The molecule has 1 aromatic carbocycles. The molecule has 1 aromatic rings. The smallest absolute Gasteiger partial charge is 0.252 e. The highest BCUT2D eigenvalue weighted by molar-refractivity contribution is 8.00. The van der Waals surface area contributed by atoms with E-state index in [1.807, 2.05) is 24.3 Å². The Labute approximate surface area is 192 Å².